The average molecular weight is 428 g/mol. The van der Waals surface area contributed by atoms with Crippen LogP contribution in [0.4, 0.5) is 5.69 Å². The Morgan fingerprint density at radius 3 is 2.74 bits per heavy atom. The van der Waals surface area contributed by atoms with Crippen LogP contribution in [0, 0.1) is 17.0 Å². The number of piperidine rings is 3. The lowest BCUT2D eigenvalue weighted by atomic mass is 9.67. The number of fused-ring (bicyclic) bond motifs is 2. The number of methoxy groups -OCH3 is 4. The third-order valence-electron chi connectivity index (χ3n) is 8.38. The Kier molecular flexibility index (Phi) is 3.99. The summed E-state index contributed by atoms with van der Waals surface area (Å²) in [6.45, 7) is 1.58. The minimum atomic E-state index is -0.606. The second kappa shape index (κ2) is 6.37. The third-order valence-corrected chi connectivity index (χ3v) is 8.38. The van der Waals surface area contributed by atoms with E-state index in [9.17, 15) is 5.21 Å². The lowest BCUT2D eigenvalue weighted by Gasteiger charge is -2.63. The van der Waals surface area contributed by atoms with Crippen molar-refractivity contribution in [1.29, 1.82) is 0 Å². The number of benzene rings is 1. The van der Waals surface area contributed by atoms with Crippen LogP contribution >= 0.6 is 0 Å². The van der Waals surface area contributed by atoms with Gasteiger partial charge in [0.15, 0.2) is 11.5 Å². The quantitative estimate of drug-likeness (QED) is 0.408. The molecule has 1 spiro atoms. The fourth-order valence-corrected chi connectivity index (χ4v) is 7.24. The van der Waals surface area contributed by atoms with Gasteiger partial charge in [-0.3, -0.25) is 0 Å². The van der Waals surface area contributed by atoms with Crippen molar-refractivity contribution in [3.8, 4) is 17.2 Å². The van der Waals surface area contributed by atoms with Crippen LogP contribution in [0.5, 0.6) is 17.2 Å². The zero-order chi connectivity index (χ0) is 21.5. The fourth-order valence-electron chi connectivity index (χ4n) is 7.24. The van der Waals surface area contributed by atoms with Crippen molar-refractivity contribution in [2.75, 3.05) is 48.2 Å². The molecule has 6 aliphatic rings. The monoisotopic (exact) mass is 428 g/mol. The smallest absolute Gasteiger partial charge is 0.206 e. The molecule has 6 heterocycles. The first kappa shape index (κ1) is 19.4. The summed E-state index contributed by atoms with van der Waals surface area (Å²) in [5.41, 5.74) is 2.23. The summed E-state index contributed by atoms with van der Waals surface area (Å²) in [7, 11) is 6.57. The molecular formula is C23H28N2O6. The molecule has 7 rings (SSSR count). The number of rotatable bonds is 5. The summed E-state index contributed by atoms with van der Waals surface area (Å²) < 4.78 is 28.6. The average Bonchev–Trinajstić information content (AvgIpc) is 3.07. The summed E-state index contributed by atoms with van der Waals surface area (Å²) in [5, 5.41) is 14.5. The molecule has 0 aromatic heterocycles. The van der Waals surface area contributed by atoms with E-state index in [4.69, 9.17) is 28.7 Å². The molecule has 1 aromatic carbocycles. The van der Waals surface area contributed by atoms with Gasteiger partial charge in [-0.15, -0.1) is 0 Å². The van der Waals surface area contributed by atoms with Gasteiger partial charge in [0.25, 0.3) is 0 Å². The first-order valence-corrected chi connectivity index (χ1v) is 10.8. The molecule has 5 bridgehead atoms. The topological polar surface area (TPSA) is 81.6 Å². The van der Waals surface area contributed by atoms with Crippen LogP contribution in [-0.4, -0.2) is 70.8 Å². The predicted molar refractivity (Wildman–Crippen MR) is 113 cm³/mol. The highest BCUT2D eigenvalue weighted by Gasteiger charge is 2.75. The third kappa shape index (κ3) is 2.13. The number of hydroxylamine groups is 3. The highest BCUT2D eigenvalue weighted by molar-refractivity contribution is 6.01. The number of aliphatic imine (C=N–C) groups is 1. The van der Waals surface area contributed by atoms with Gasteiger partial charge in [0.1, 0.15) is 29.4 Å². The van der Waals surface area contributed by atoms with Gasteiger partial charge in [0.2, 0.25) is 5.90 Å². The standard InChI is InChI=1S/C23H28N2O6/c1-27-6-5-12-10-25(26)15-9-23-18(25)7-13(12)14(15)11-31-22(23)24-20-16(28-2)8-17(29-3)21(30-4)19(20)23/h5,8,13-15,18H,6-7,9-11H2,1-4H3/b12-5+/t13-,14+,15+,18+,23+,25?/m1/s1. The maximum absolute atomic E-state index is 14.5. The van der Waals surface area contributed by atoms with E-state index in [1.165, 1.54) is 5.57 Å². The number of ether oxygens (including phenoxy) is 5. The van der Waals surface area contributed by atoms with Crippen molar-refractivity contribution in [3.05, 3.63) is 28.5 Å². The Balaban J connectivity index is 1.58. The van der Waals surface area contributed by atoms with Crippen molar-refractivity contribution < 1.29 is 28.3 Å². The lowest BCUT2D eigenvalue weighted by Crippen LogP contribution is -2.70. The Hall–Kier alpha value is -2.29. The van der Waals surface area contributed by atoms with Crippen molar-refractivity contribution in [3.63, 3.8) is 0 Å². The molecule has 6 aliphatic heterocycles. The van der Waals surface area contributed by atoms with Crippen molar-refractivity contribution in [2.45, 2.75) is 30.3 Å². The molecule has 166 valence electrons. The maximum Gasteiger partial charge on any atom is 0.206 e. The molecule has 8 heteroatoms. The van der Waals surface area contributed by atoms with Crippen LogP contribution in [0.25, 0.3) is 0 Å². The summed E-state index contributed by atoms with van der Waals surface area (Å²) in [6, 6.07) is 1.63. The molecule has 0 saturated carbocycles. The molecule has 0 amide bonds. The molecule has 8 nitrogen and oxygen atoms in total. The van der Waals surface area contributed by atoms with Crippen LogP contribution in [0.1, 0.15) is 18.4 Å². The maximum atomic E-state index is 14.5. The van der Waals surface area contributed by atoms with E-state index in [0.29, 0.717) is 54.5 Å². The molecular weight excluding hydrogens is 400 g/mol. The van der Waals surface area contributed by atoms with Gasteiger partial charge >= 0.3 is 0 Å². The normalized spacial score (nSPS) is 39.6. The van der Waals surface area contributed by atoms with Gasteiger partial charge in [0.05, 0.1) is 46.5 Å². The number of quaternary nitrogens is 1. The minimum absolute atomic E-state index is 0.0102. The van der Waals surface area contributed by atoms with E-state index < -0.39 is 5.41 Å². The molecule has 1 unspecified atom stereocenters. The van der Waals surface area contributed by atoms with E-state index in [1.54, 1.807) is 34.5 Å². The van der Waals surface area contributed by atoms with Crippen LogP contribution in [0.2, 0.25) is 0 Å². The van der Waals surface area contributed by atoms with Gasteiger partial charge in [-0.1, -0.05) is 6.08 Å². The molecule has 0 radical (unpaired) electrons. The Bertz CT molecular complexity index is 1020. The molecule has 31 heavy (non-hydrogen) atoms. The Morgan fingerprint density at radius 1 is 1.23 bits per heavy atom. The highest BCUT2D eigenvalue weighted by atomic mass is 16.6. The zero-order valence-electron chi connectivity index (χ0n) is 18.3. The van der Waals surface area contributed by atoms with Crippen LogP contribution < -0.4 is 14.2 Å². The molecule has 1 aromatic rings. The molecule has 0 N–H and O–H groups in total. The minimum Gasteiger partial charge on any atom is -0.632 e. The first-order valence-electron chi connectivity index (χ1n) is 10.8. The highest BCUT2D eigenvalue weighted by Crippen LogP contribution is 2.68. The van der Waals surface area contributed by atoms with E-state index >= 15 is 0 Å². The number of hydrogen-bond acceptors (Lipinski definition) is 7. The SMILES string of the molecule is COC/C=C1\C[N+]2([O-])[C@H]3C[C@@]45C(=Nc6c(OC)cc(OC)c(OC)c64)OC[C@H]3[C@@H]1C[C@@H]52. The van der Waals surface area contributed by atoms with Gasteiger partial charge < -0.3 is 33.5 Å². The van der Waals surface area contributed by atoms with Crippen molar-refractivity contribution >= 4 is 11.6 Å². The first-order chi connectivity index (χ1) is 15.0. The van der Waals surface area contributed by atoms with E-state index in [1.807, 2.05) is 0 Å². The Labute approximate surface area is 181 Å². The summed E-state index contributed by atoms with van der Waals surface area (Å²) in [6.07, 6.45) is 3.65. The number of hydrogen-bond donors (Lipinski definition) is 0. The zero-order valence-corrected chi connectivity index (χ0v) is 18.3. The van der Waals surface area contributed by atoms with Gasteiger partial charge in [-0.05, 0) is 5.57 Å². The second-order valence-electron chi connectivity index (χ2n) is 9.28. The largest absolute Gasteiger partial charge is 0.632 e. The second-order valence-corrected chi connectivity index (χ2v) is 9.28. The van der Waals surface area contributed by atoms with Crippen molar-refractivity contribution in [2.24, 2.45) is 16.8 Å². The Morgan fingerprint density at radius 2 is 2.03 bits per heavy atom. The van der Waals surface area contributed by atoms with Gasteiger partial charge in [-0.25, -0.2) is 4.99 Å². The summed E-state index contributed by atoms with van der Waals surface area (Å²) in [4.78, 5) is 4.91. The van der Waals surface area contributed by atoms with E-state index in [0.717, 1.165) is 18.4 Å². The molecule has 5 saturated heterocycles. The molecule has 0 aliphatic carbocycles. The fraction of sp³-hybridized carbons (Fsp3) is 0.609. The van der Waals surface area contributed by atoms with Crippen LogP contribution in [0.3, 0.4) is 0 Å². The number of nitrogens with zero attached hydrogens (tertiary/aromatic N) is 2. The summed E-state index contributed by atoms with van der Waals surface area (Å²) in [5.74, 6) is 3.03. The predicted octanol–water partition coefficient (Wildman–Crippen LogP) is 2.70. The lowest BCUT2D eigenvalue weighted by molar-refractivity contribution is -0.932. The van der Waals surface area contributed by atoms with E-state index in [2.05, 4.69) is 6.08 Å². The molecule has 5 fully saturated rings. The van der Waals surface area contributed by atoms with Crippen molar-refractivity contribution in [1.82, 2.24) is 0 Å². The van der Waals surface area contributed by atoms with Crippen LogP contribution in [0.15, 0.2) is 22.7 Å². The van der Waals surface area contributed by atoms with Crippen LogP contribution in [-0.2, 0) is 14.9 Å². The van der Waals surface area contributed by atoms with Gasteiger partial charge in [-0.2, -0.15) is 0 Å². The summed E-state index contributed by atoms with van der Waals surface area (Å²) >= 11 is 0. The van der Waals surface area contributed by atoms with Gasteiger partial charge in [0, 0.05) is 37.5 Å². The van der Waals surface area contributed by atoms with E-state index in [-0.39, 0.29) is 22.6 Å². The molecule has 6 atom stereocenters.